The van der Waals surface area contributed by atoms with Crippen LogP contribution in [0.4, 0.5) is 0 Å². The quantitative estimate of drug-likeness (QED) is 0.566. The molecule has 0 aliphatic heterocycles. The molecule has 1 heterocycles. The van der Waals surface area contributed by atoms with Gasteiger partial charge in [-0.2, -0.15) is 0 Å². The van der Waals surface area contributed by atoms with Crippen LogP contribution < -0.4 is 0 Å². The summed E-state index contributed by atoms with van der Waals surface area (Å²) in [6.45, 7) is 1.98. The summed E-state index contributed by atoms with van der Waals surface area (Å²) in [6, 6.07) is 1.80. The topological polar surface area (TPSA) is 42.9 Å². The summed E-state index contributed by atoms with van der Waals surface area (Å²) >= 11 is 0. The van der Waals surface area contributed by atoms with E-state index in [1.54, 1.807) is 12.3 Å². The average Bonchev–Trinajstić information content (AvgIpc) is 2.05. The van der Waals surface area contributed by atoms with E-state index in [9.17, 15) is 4.79 Å². The Hall–Kier alpha value is -1.25. The first-order chi connectivity index (χ1) is 4.86. The van der Waals surface area contributed by atoms with Crippen molar-refractivity contribution in [2.24, 2.45) is 0 Å². The van der Waals surface area contributed by atoms with Crippen LogP contribution in [0.2, 0.25) is 0 Å². The summed E-state index contributed by atoms with van der Waals surface area (Å²) in [7, 11) is 0. The van der Waals surface area contributed by atoms with Crippen molar-refractivity contribution in [2.75, 3.05) is 0 Å². The van der Waals surface area contributed by atoms with Gasteiger partial charge in [0.2, 0.25) is 0 Å². The van der Waals surface area contributed by atoms with E-state index >= 15 is 0 Å². The molecule has 1 rings (SSSR count). The van der Waals surface area contributed by atoms with E-state index in [4.69, 9.17) is 0 Å². The number of aryl methyl sites for hydroxylation is 1. The summed E-state index contributed by atoms with van der Waals surface area (Å²) in [5, 5.41) is 0. The van der Waals surface area contributed by atoms with Crippen molar-refractivity contribution in [3.05, 3.63) is 23.8 Å². The van der Waals surface area contributed by atoms with Crippen LogP contribution in [0.15, 0.2) is 12.3 Å². The van der Waals surface area contributed by atoms with Crippen LogP contribution in [0, 0.1) is 0 Å². The number of rotatable bonds is 2. The first-order valence-corrected chi connectivity index (χ1v) is 3.14. The van der Waals surface area contributed by atoms with Gasteiger partial charge in [0.15, 0.2) is 12.1 Å². The Kier molecular flexibility index (Phi) is 2.10. The van der Waals surface area contributed by atoms with E-state index in [2.05, 4.69) is 9.97 Å². The molecule has 52 valence electrons. The van der Waals surface area contributed by atoms with E-state index < -0.39 is 0 Å². The number of hydrogen-bond donors (Lipinski definition) is 0. The van der Waals surface area contributed by atoms with Crippen LogP contribution in [0.1, 0.15) is 23.2 Å². The monoisotopic (exact) mass is 136 g/mol. The van der Waals surface area contributed by atoms with Crippen molar-refractivity contribution < 1.29 is 4.79 Å². The van der Waals surface area contributed by atoms with Crippen molar-refractivity contribution >= 4 is 6.29 Å². The highest BCUT2D eigenvalue weighted by atomic mass is 16.1. The second kappa shape index (κ2) is 3.06. The van der Waals surface area contributed by atoms with Gasteiger partial charge in [0.05, 0.1) is 0 Å². The Balaban J connectivity index is 2.98. The van der Waals surface area contributed by atoms with Crippen LogP contribution in [0.5, 0.6) is 0 Å². The van der Waals surface area contributed by atoms with E-state index in [0.717, 1.165) is 12.1 Å². The van der Waals surface area contributed by atoms with Crippen molar-refractivity contribution in [3.63, 3.8) is 0 Å². The normalized spacial score (nSPS) is 9.30. The third kappa shape index (κ3) is 1.37. The molecule has 3 heteroatoms. The molecule has 0 aromatic carbocycles. The minimum atomic E-state index is 0.263. The molecule has 0 saturated heterocycles. The van der Waals surface area contributed by atoms with Gasteiger partial charge >= 0.3 is 0 Å². The number of carbonyl (C=O) groups is 1. The molecule has 1 aromatic rings. The lowest BCUT2D eigenvalue weighted by molar-refractivity contribution is 0.111. The molecule has 0 bridgehead atoms. The number of aromatic nitrogens is 2. The van der Waals surface area contributed by atoms with Crippen molar-refractivity contribution in [1.82, 2.24) is 9.97 Å². The van der Waals surface area contributed by atoms with Crippen LogP contribution >= 0.6 is 0 Å². The molecule has 0 N–H and O–H groups in total. The smallest absolute Gasteiger partial charge is 0.192 e. The van der Waals surface area contributed by atoms with Gasteiger partial charge < -0.3 is 0 Å². The summed E-state index contributed by atoms with van der Waals surface area (Å²) in [4.78, 5) is 17.8. The lowest BCUT2D eigenvalue weighted by Gasteiger charge is -1.92. The fourth-order valence-corrected chi connectivity index (χ4v) is 0.667. The number of nitrogens with zero attached hydrogens (tertiary/aromatic N) is 2. The first-order valence-electron chi connectivity index (χ1n) is 3.14. The van der Waals surface area contributed by atoms with E-state index in [1.807, 2.05) is 6.92 Å². The number of aldehydes is 1. The Labute approximate surface area is 59.1 Å². The van der Waals surface area contributed by atoms with Crippen LogP contribution in [0.3, 0.4) is 0 Å². The maximum atomic E-state index is 10.1. The molecule has 0 atom stereocenters. The first kappa shape index (κ1) is 6.86. The molecule has 3 nitrogen and oxygen atoms in total. The van der Waals surface area contributed by atoms with Gasteiger partial charge in [-0.15, -0.1) is 0 Å². The minimum Gasteiger partial charge on any atom is -0.294 e. The average molecular weight is 136 g/mol. The fraction of sp³-hybridized carbons (Fsp3) is 0.286. The third-order valence-corrected chi connectivity index (χ3v) is 1.20. The second-order valence-electron chi connectivity index (χ2n) is 1.88. The number of hydrogen-bond acceptors (Lipinski definition) is 3. The highest BCUT2D eigenvalue weighted by Crippen LogP contribution is 1.93. The zero-order valence-electron chi connectivity index (χ0n) is 5.74. The predicted molar refractivity (Wildman–Crippen MR) is 36.8 cm³/mol. The van der Waals surface area contributed by atoms with Crippen LogP contribution in [-0.2, 0) is 6.42 Å². The number of carbonyl (C=O) groups excluding carboxylic acids is 1. The van der Waals surface area contributed by atoms with Gasteiger partial charge in [-0.05, 0) is 12.5 Å². The molecular formula is C7H8N2O. The lowest BCUT2D eigenvalue weighted by Crippen LogP contribution is -1.95. The van der Waals surface area contributed by atoms with Gasteiger partial charge in [-0.3, -0.25) is 4.79 Å². The Morgan fingerprint density at radius 1 is 1.70 bits per heavy atom. The van der Waals surface area contributed by atoms with E-state index in [-0.39, 0.29) is 5.82 Å². The highest BCUT2D eigenvalue weighted by Gasteiger charge is 1.93. The van der Waals surface area contributed by atoms with Crippen molar-refractivity contribution in [1.29, 1.82) is 0 Å². The molecule has 0 amide bonds. The summed E-state index contributed by atoms with van der Waals surface area (Å²) < 4.78 is 0. The Morgan fingerprint density at radius 2 is 2.50 bits per heavy atom. The zero-order chi connectivity index (χ0) is 7.40. The Bertz CT molecular complexity index is 235. The van der Waals surface area contributed by atoms with Crippen LogP contribution in [0.25, 0.3) is 0 Å². The standard InChI is InChI=1S/C7H8N2O/c1-2-6-3-4-8-7(5-10)9-6/h3-5H,2H2,1H3. The van der Waals surface area contributed by atoms with Gasteiger partial charge in [0, 0.05) is 11.9 Å². The highest BCUT2D eigenvalue weighted by molar-refractivity contribution is 5.68. The maximum Gasteiger partial charge on any atom is 0.192 e. The van der Waals surface area contributed by atoms with Crippen molar-refractivity contribution in [3.8, 4) is 0 Å². The summed E-state index contributed by atoms with van der Waals surface area (Å²) in [5.41, 5.74) is 0.900. The molecule has 0 radical (unpaired) electrons. The maximum absolute atomic E-state index is 10.1. The summed E-state index contributed by atoms with van der Waals surface area (Å²) in [5.74, 6) is 0.263. The van der Waals surface area contributed by atoms with E-state index in [0.29, 0.717) is 6.29 Å². The van der Waals surface area contributed by atoms with Gasteiger partial charge in [0.1, 0.15) is 0 Å². The van der Waals surface area contributed by atoms with Gasteiger partial charge in [-0.1, -0.05) is 6.92 Å². The van der Waals surface area contributed by atoms with E-state index in [1.165, 1.54) is 0 Å². The fourth-order valence-electron chi connectivity index (χ4n) is 0.667. The molecule has 0 aliphatic carbocycles. The molecular weight excluding hydrogens is 128 g/mol. The molecule has 0 unspecified atom stereocenters. The molecule has 0 fully saturated rings. The molecule has 0 saturated carbocycles. The molecule has 10 heavy (non-hydrogen) atoms. The van der Waals surface area contributed by atoms with Gasteiger partial charge in [0.25, 0.3) is 0 Å². The Morgan fingerprint density at radius 3 is 3.10 bits per heavy atom. The predicted octanol–water partition coefficient (Wildman–Crippen LogP) is 0.851. The SMILES string of the molecule is CCc1ccnc(C=O)n1. The van der Waals surface area contributed by atoms with Crippen molar-refractivity contribution in [2.45, 2.75) is 13.3 Å². The largest absolute Gasteiger partial charge is 0.294 e. The molecule has 1 aromatic heterocycles. The third-order valence-electron chi connectivity index (χ3n) is 1.20. The van der Waals surface area contributed by atoms with Crippen LogP contribution in [-0.4, -0.2) is 16.3 Å². The lowest BCUT2D eigenvalue weighted by atomic mass is 10.3. The summed E-state index contributed by atoms with van der Waals surface area (Å²) in [6.07, 6.45) is 3.08. The minimum absolute atomic E-state index is 0.263. The zero-order valence-corrected chi connectivity index (χ0v) is 5.74. The second-order valence-corrected chi connectivity index (χ2v) is 1.88. The molecule has 0 aliphatic rings. The molecule has 0 spiro atoms. The van der Waals surface area contributed by atoms with Gasteiger partial charge in [-0.25, -0.2) is 9.97 Å².